The zero-order valence-corrected chi connectivity index (χ0v) is 9.01. The molecule has 76 valence electrons. The number of carbonyl (C=O) groups is 1. The van der Waals surface area contributed by atoms with Crippen molar-refractivity contribution in [2.45, 2.75) is 6.92 Å². The van der Waals surface area contributed by atoms with Crippen LogP contribution in [-0.2, 0) is 4.79 Å². The Labute approximate surface area is 92.9 Å². The summed E-state index contributed by atoms with van der Waals surface area (Å²) in [4.78, 5) is 10.9. The first-order chi connectivity index (χ1) is 7.15. The molecule has 0 saturated heterocycles. The highest BCUT2D eigenvalue weighted by Gasteiger charge is 1.98. The highest BCUT2D eigenvalue weighted by molar-refractivity contribution is 6.31. The Balaban J connectivity index is 2.47. The van der Waals surface area contributed by atoms with E-state index in [4.69, 9.17) is 11.6 Å². The van der Waals surface area contributed by atoms with Crippen molar-refractivity contribution in [2.24, 2.45) is 0 Å². The summed E-state index contributed by atoms with van der Waals surface area (Å²) in [5.74, 6) is -0.0664. The van der Waals surface area contributed by atoms with Crippen LogP contribution < -0.4 is 5.32 Å². The fraction of sp³-hybridized carbons (Fsp3) is 0.0833. The Morgan fingerprint density at radius 2 is 1.80 bits per heavy atom. The highest BCUT2D eigenvalue weighted by atomic mass is 35.5. The van der Waals surface area contributed by atoms with Gasteiger partial charge < -0.3 is 5.32 Å². The third-order valence-electron chi connectivity index (χ3n) is 2.12. The molecule has 0 radical (unpaired) electrons. The minimum Gasteiger partial charge on any atom is -0.326 e. The predicted molar refractivity (Wildman–Crippen MR) is 63.3 cm³/mol. The summed E-state index contributed by atoms with van der Waals surface area (Å²) in [5, 5.41) is 5.58. The molecule has 2 nitrogen and oxygen atoms in total. The van der Waals surface area contributed by atoms with Gasteiger partial charge in [-0.1, -0.05) is 23.7 Å². The van der Waals surface area contributed by atoms with E-state index in [9.17, 15) is 4.79 Å². The fourth-order valence-electron chi connectivity index (χ4n) is 1.50. The van der Waals surface area contributed by atoms with Gasteiger partial charge in [-0.2, -0.15) is 0 Å². The third kappa shape index (κ3) is 2.28. The number of rotatable bonds is 1. The minimum absolute atomic E-state index is 0.0664. The van der Waals surface area contributed by atoms with Crippen molar-refractivity contribution < 1.29 is 4.79 Å². The van der Waals surface area contributed by atoms with Crippen molar-refractivity contribution in [3.63, 3.8) is 0 Å². The largest absolute Gasteiger partial charge is 0.326 e. The van der Waals surface area contributed by atoms with Crippen molar-refractivity contribution in [3.8, 4) is 0 Å². The van der Waals surface area contributed by atoms with Gasteiger partial charge in [-0.15, -0.1) is 0 Å². The first kappa shape index (κ1) is 9.99. The van der Waals surface area contributed by atoms with Gasteiger partial charge in [0.1, 0.15) is 0 Å². The molecule has 0 bridgehead atoms. The number of nitrogens with one attached hydrogen (secondary N) is 1. The molecule has 0 aliphatic carbocycles. The maximum Gasteiger partial charge on any atom is 0.221 e. The van der Waals surface area contributed by atoms with Crippen molar-refractivity contribution in [1.29, 1.82) is 0 Å². The Morgan fingerprint density at radius 3 is 2.53 bits per heavy atom. The van der Waals surface area contributed by atoms with Crippen LogP contribution in [0.15, 0.2) is 36.4 Å². The number of benzene rings is 2. The van der Waals surface area contributed by atoms with Crippen LogP contribution in [0.4, 0.5) is 5.69 Å². The summed E-state index contributed by atoms with van der Waals surface area (Å²) in [7, 11) is 0. The van der Waals surface area contributed by atoms with Crippen LogP contribution in [0, 0.1) is 0 Å². The van der Waals surface area contributed by atoms with Gasteiger partial charge >= 0.3 is 0 Å². The zero-order chi connectivity index (χ0) is 10.8. The molecule has 0 aliphatic rings. The molecule has 0 atom stereocenters. The number of anilines is 1. The monoisotopic (exact) mass is 219 g/mol. The number of hydrogen-bond donors (Lipinski definition) is 1. The Bertz CT molecular complexity index is 522. The first-order valence-electron chi connectivity index (χ1n) is 4.62. The van der Waals surface area contributed by atoms with Crippen molar-refractivity contribution in [3.05, 3.63) is 41.4 Å². The Kier molecular flexibility index (Phi) is 2.60. The van der Waals surface area contributed by atoms with Crippen molar-refractivity contribution in [2.75, 3.05) is 5.32 Å². The fourth-order valence-corrected chi connectivity index (χ4v) is 1.68. The summed E-state index contributed by atoms with van der Waals surface area (Å²) >= 11 is 5.87. The van der Waals surface area contributed by atoms with Crippen LogP contribution in [0.1, 0.15) is 6.92 Å². The van der Waals surface area contributed by atoms with Gasteiger partial charge in [0.05, 0.1) is 0 Å². The normalized spacial score (nSPS) is 10.3. The van der Waals surface area contributed by atoms with E-state index < -0.39 is 0 Å². The van der Waals surface area contributed by atoms with E-state index in [1.165, 1.54) is 6.92 Å². The van der Waals surface area contributed by atoms with E-state index in [1.54, 1.807) is 0 Å². The van der Waals surface area contributed by atoms with Crippen LogP contribution in [0.25, 0.3) is 10.8 Å². The lowest BCUT2D eigenvalue weighted by molar-refractivity contribution is -0.114. The predicted octanol–water partition coefficient (Wildman–Crippen LogP) is 3.45. The van der Waals surface area contributed by atoms with E-state index in [0.29, 0.717) is 0 Å². The molecule has 1 amide bonds. The van der Waals surface area contributed by atoms with Crippen LogP contribution >= 0.6 is 11.6 Å². The molecule has 0 aliphatic heterocycles. The molecule has 2 aromatic rings. The van der Waals surface area contributed by atoms with E-state index in [1.807, 2.05) is 36.4 Å². The minimum atomic E-state index is -0.0664. The quantitative estimate of drug-likeness (QED) is 0.782. The van der Waals surface area contributed by atoms with Crippen LogP contribution in [0.3, 0.4) is 0 Å². The standard InChI is InChI=1S/C12H10ClNO/c1-8(15)14-12-5-3-9-6-11(13)4-2-10(9)7-12/h2-7H,1H3,(H,14,15). The van der Waals surface area contributed by atoms with Crippen LogP contribution in [0.5, 0.6) is 0 Å². The molecule has 0 aromatic heterocycles. The lowest BCUT2D eigenvalue weighted by atomic mass is 10.1. The molecule has 15 heavy (non-hydrogen) atoms. The molecule has 0 unspecified atom stereocenters. The second-order valence-electron chi connectivity index (χ2n) is 3.39. The van der Waals surface area contributed by atoms with E-state index in [2.05, 4.69) is 5.32 Å². The van der Waals surface area contributed by atoms with Gasteiger partial charge in [-0.05, 0) is 35.0 Å². The third-order valence-corrected chi connectivity index (χ3v) is 2.36. The maximum atomic E-state index is 10.9. The van der Waals surface area contributed by atoms with E-state index in [0.717, 1.165) is 21.5 Å². The molecule has 0 heterocycles. The highest BCUT2D eigenvalue weighted by Crippen LogP contribution is 2.22. The topological polar surface area (TPSA) is 29.1 Å². The van der Waals surface area contributed by atoms with Gasteiger partial charge in [0.2, 0.25) is 5.91 Å². The molecule has 3 heteroatoms. The van der Waals surface area contributed by atoms with E-state index in [-0.39, 0.29) is 5.91 Å². The molecule has 1 N–H and O–H groups in total. The van der Waals surface area contributed by atoms with E-state index >= 15 is 0 Å². The molecule has 0 spiro atoms. The van der Waals surface area contributed by atoms with Gasteiger partial charge in [0.25, 0.3) is 0 Å². The van der Waals surface area contributed by atoms with Crippen molar-refractivity contribution in [1.82, 2.24) is 0 Å². The van der Waals surface area contributed by atoms with Gasteiger partial charge in [0, 0.05) is 17.6 Å². The maximum absolute atomic E-state index is 10.9. The van der Waals surface area contributed by atoms with Gasteiger partial charge in [-0.3, -0.25) is 4.79 Å². The molecule has 2 aromatic carbocycles. The number of fused-ring (bicyclic) bond motifs is 1. The number of amides is 1. The second kappa shape index (κ2) is 3.91. The molecule has 2 rings (SSSR count). The Hall–Kier alpha value is -1.54. The number of hydrogen-bond acceptors (Lipinski definition) is 1. The lowest BCUT2D eigenvalue weighted by Crippen LogP contribution is -2.05. The average molecular weight is 220 g/mol. The number of carbonyl (C=O) groups excluding carboxylic acids is 1. The molecule has 0 saturated carbocycles. The summed E-state index contributed by atoms with van der Waals surface area (Å²) in [5.41, 5.74) is 0.803. The van der Waals surface area contributed by atoms with Gasteiger partial charge in [0.15, 0.2) is 0 Å². The van der Waals surface area contributed by atoms with Crippen molar-refractivity contribution >= 4 is 34.0 Å². The average Bonchev–Trinajstić information content (AvgIpc) is 2.17. The summed E-state index contributed by atoms with van der Waals surface area (Å²) in [6.45, 7) is 1.49. The van der Waals surface area contributed by atoms with Gasteiger partial charge in [-0.25, -0.2) is 0 Å². The SMILES string of the molecule is CC(=O)Nc1ccc2cc(Cl)ccc2c1. The number of halogens is 1. The zero-order valence-electron chi connectivity index (χ0n) is 8.25. The molecular weight excluding hydrogens is 210 g/mol. The second-order valence-corrected chi connectivity index (χ2v) is 3.82. The summed E-state index contributed by atoms with van der Waals surface area (Å²) in [6, 6.07) is 11.4. The smallest absolute Gasteiger partial charge is 0.221 e. The summed E-state index contributed by atoms with van der Waals surface area (Å²) < 4.78 is 0. The van der Waals surface area contributed by atoms with Crippen LogP contribution in [0.2, 0.25) is 5.02 Å². The lowest BCUT2D eigenvalue weighted by Gasteiger charge is -2.04. The molecule has 0 fully saturated rings. The summed E-state index contributed by atoms with van der Waals surface area (Å²) in [6.07, 6.45) is 0. The first-order valence-corrected chi connectivity index (χ1v) is 5.00. The Morgan fingerprint density at radius 1 is 1.13 bits per heavy atom. The molecular formula is C12H10ClNO. The van der Waals surface area contributed by atoms with Crippen LogP contribution in [-0.4, -0.2) is 5.91 Å².